The van der Waals surface area contributed by atoms with Crippen LogP contribution >= 0.6 is 28.3 Å². The van der Waals surface area contributed by atoms with E-state index >= 15 is 0 Å². The molecule has 0 radical (unpaired) electrons. The minimum absolute atomic E-state index is 0. The zero-order valence-electron chi connectivity index (χ0n) is 7.58. The minimum atomic E-state index is -0.680. The van der Waals surface area contributed by atoms with Gasteiger partial charge in [-0.3, -0.25) is 0 Å². The predicted octanol–water partition coefficient (Wildman–Crippen LogP) is 2.39. The van der Waals surface area contributed by atoms with Crippen LogP contribution in [0, 0.1) is 5.82 Å². The fraction of sp³-hybridized carbons (Fsp3) is 0.333. The van der Waals surface area contributed by atoms with E-state index in [0.29, 0.717) is 10.0 Å². The molecular formula is C9H12BrClFNO. The summed E-state index contributed by atoms with van der Waals surface area (Å²) in [5.74, 6) is -0.367. The molecule has 1 aromatic rings. The van der Waals surface area contributed by atoms with Crippen LogP contribution in [0.25, 0.3) is 0 Å². The number of rotatable bonds is 2. The first kappa shape index (κ1) is 13.8. The summed E-state index contributed by atoms with van der Waals surface area (Å²) < 4.78 is 13.4. The van der Waals surface area contributed by atoms with Gasteiger partial charge < -0.3 is 10.8 Å². The molecule has 0 heterocycles. The Morgan fingerprint density at radius 3 is 2.50 bits per heavy atom. The van der Waals surface area contributed by atoms with E-state index in [9.17, 15) is 9.50 Å². The van der Waals surface area contributed by atoms with Gasteiger partial charge in [-0.15, -0.1) is 12.4 Å². The lowest BCUT2D eigenvalue weighted by atomic mass is 10.0. The second-order valence-electron chi connectivity index (χ2n) is 2.94. The molecule has 1 rings (SSSR count). The van der Waals surface area contributed by atoms with Gasteiger partial charge >= 0.3 is 0 Å². The molecule has 0 spiro atoms. The first-order valence-electron chi connectivity index (χ1n) is 3.91. The Morgan fingerprint density at radius 1 is 1.50 bits per heavy atom. The summed E-state index contributed by atoms with van der Waals surface area (Å²) in [6, 6.07) is 4.04. The van der Waals surface area contributed by atoms with E-state index in [1.165, 1.54) is 6.07 Å². The summed E-state index contributed by atoms with van der Waals surface area (Å²) in [6.45, 7) is 1.57. The molecule has 0 saturated carbocycles. The van der Waals surface area contributed by atoms with Gasteiger partial charge in [-0.1, -0.05) is 6.07 Å². The van der Waals surface area contributed by atoms with Gasteiger partial charge in [0, 0.05) is 0 Å². The average Bonchev–Trinajstić information content (AvgIpc) is 2.08. The van der Waals surface area contributed by atoms with Gasteiger partial charge in [0.2, 0.25) is 0 Å². The monoisotopic (exact) mass is 283 g/mol. The van der Waals surface area contributed by atoms with E-state index in [1.54, 1.807) is 19.1 Å². The predicted molar refractivity (Wildman–Crippen MR) is 60.0 cm³/mol. The van der Waals surface area contributed by atoms with Crippen molar-refractivity contribution in [3.8, 4) is 0 Å². The molecule has 0 amide bonds. The summed E-state index contributed by atoms with van der Waals surface area (Å²) in [5, 5.41) is 9.18. The molecule has 0 saturated heterocycles. The highest BCUT2D eigenvalue weighted by Gasteiger charge is 2.13. The maximum absolute atomic E-state index is 13.0. The van der Waals surface area contributed by atoms with Crippen molar-refractivity contribution in [2.45, 2.75) is 19.1 Å². The van der Waals surface area contributed by atoms with E-state index in [1.807, 2.05) is 0 Å². The van der Waals surface area contributed by atoms with Crippen molar-refractivity contribution in [3.63, 3.8) is 0 Å². The van der Waals surface area contributed by atoms with Gasteiger partial charge in [0.25, 0.3) is 0 Å². The third-order valence-electron chi connectivity index (χ3n) is 1.85. The highest BCUT2D eigenvalue weighted by molar-refractivity contribution is 9.10. The fourth-order valence-corrected chi connectivity index (χ4v) is 1.24. The normalized spacial score (nSPS) is 14.4. The van der Waals surface area contributed by atoms with E-state index in [4.69, 9.17) is 5.73 Å². The topological polar surface area (TPSA) is 46.2 Å². The fourth-order valence-electron chi connectivity index (χ4n) is 0.998. The summed E-state index contributed by atoms with van der Waals surface area (Å²) in [6.07, 6.45) is -0.680. The van der Waals surface area contributed by atoms with Crippen molar-refractivity contribution in [1.29, 1.82) is 0 Å². The van der Waals surface area contributed by atoms with E-state index in [2.05, 4.69) is 15.9 Å². The van der Waals surface area contributed by atoms with Crippen LogP contribution in [-0.4, -0.2) is 11.2 Å². The van der Waals surface area contributed by atoms with Crippen molar-refractivity contribution < 1.29 is 9.50 Å². The van der Waals surface area contributed by atoms with E-state index in [0.717, 1.165) is 0 Å². The van der Waals surface area contributed by atoms with Crippen LogP contribution in [0.2, 0.25) is 0 Å². The maximum Gasteiger partial charge on any atom is 0.137 e. The number of halogens is 3. The highest BCUT2D eigenvalue weighted by atomic mass is 79.9. The van der Waals surface area contributed by atoms with Crippen LogP contribution in [0.5, 0.6) is 0 Å². The van der Waals surface area contributed by atoms with Crippen molar-refractivity contribution in [2.75, 3.05) is 0 Å². The van der Waals surface area contributed by atoms with Gasteiger partial charge in [-0.05, 0) is 40.5 Å². The Balaban J connectivity index is 0.00000169. The smallest absolute Gasteiger partial charge is 0.137 e. The highest BCUT2D eigenvalue weighted by Crippen LogP contribution is 2.21. The van der Waals surface area contributed by atoms with Gasteiger partial charge in [0.05, 0.1) is 16.6 Å². The molecule has 0 unspecified atom stereocenters. The average molecular weight is 285 g/mol. The van der Waals surface area contributed by atoms with Crippen LogP contribution in [0.3, 0.4) is 0 Å². The largest absolute Gasteiger partial charge is 0.391 e. The van der Waals surface area contributed by atoms with Crippen molar-refractivity contribution in [1.82, 2.24) is 0 Å². The Bertz CT molecular complexity index is 309. The first-order chi connectivity index (χ1) is 6.02. The molecule has 0 aliphatic heterocycles. The minimum Gasteiger partial charge on any atom is -0.391 e. The lowest BCUT2D eigenvalue weighted by molar-refractivity contribution is 0.164. The first-order valence-corrected chi connectivity index (χ1v) is 4.70. The summed E-state index contributed by atoms with van der Waals surface area (Å²) in [4.78, 5) is 0. The SMILES string of the molecule is C[C@@H](O)[C@@H](N)c1ccc(Br)c(F)c1.Cl. The summed E-state index contributed by atoms with van der Waals surface area (Å²) in [7, 11) is 0. The van der Waals surface area contributed by atoms with E-state index < -0.39 is 12.1 Å². The molecule has 1 aromatic carbocycles. The molecule has 3 N–H and O–H groups in total. The second kappa shape index (κ2) is 5.66. The zero-order valence-corrected chi connectivity index (χ0v) is 9.98. The summed E-state index contributed by atoms with van der Waals surface area (Å²) >= 11 is 3.04. The third kappa shape index (κ3) is 3.20. The molecular weight excluding hydrogens is 272 g/mol. The molecule has 0 aliphatic carbocycles. The molecule has 2 atom stereocenters. The standard InChI is InChI=1S/C9H11BrFNO.ClH/c1-5(13)9(12)6-2-3-7(10)8(11)4-6;/h2-5,9,13H,12H2,1H3;1H/t5-,9-;/m1./s1. The molecule has 0 fully saturated rings. The Hall–Kier alpha value is -0.160. The number of nitrogens with two attached hydrogens (primary N) is 1. The molecule has 2 nitrogen and oxygen atoms in total. The second-order valence-corrected chi connectivity index (χ2v) is 3.79. The van der Waals surface area contributed by atoms with Crippen molar-refractivity contribution in [2.24, 2.45) is 5.73 Å². The number of aliphatic hydroxyl groups is 1. The van der Waals surface area contributed by atoms with Crippen LogP contribution in [0.15, 0.2) is 22.7 Å². The molecule has 14 heavy (non-hydrogen) atoms. The number of hydrogen-bond donors (Lipinski definition) is 2. The van der Waals surface area contributed by atoms with Crippen molar-refractivity contribution >= 4 is 28.3 Å². The Kier molecular flexibility index (Phi) is 5.59. The van der Waals surface area contributed by atoms with Gasteiger partial charge in [-0.2, -0.15) is 0 Å². The maximum atomic E-state index is 13.0. The van der Waals surface area contributed by atoms with Crippen LogP contribution < -0.4 is 5.73 Å². The molecule has 5 heteroatoms. The number of hydrogen-bond acceptors (Lipinski definition) is 2. The third-order valence-corrected chi connectivity index (χ3v) is 2.49. The van der Waals surface area contributed by atoms with Crippen LogP contribution in [-0.2, 0) is 0 Å². The number of aliphatic hydroxyl groups excluding tert-OH is 1. The Labute approximate surface area is 96.8 Å². The van der Waals surface area contributed by atoms with Crippen LogP contribution in [0.1, 0.15) is 18.5 Å². The zero-order chi connectivity index (χ0) is 10.0. The quantitative estimate of drug-likeness (QED) is 0.876. The van der Waals surface area contributed by atoms with Crippen molar-refractivity contribution in [3.05, 3.63) is 34.1 Å². The van der Waals surface area contributed by atoms with E-state index in [-0.39, 0.29) is 18.2 Å². The van der Waals surface area contributed by atoms with Crippen LogP contribution in [0.4, 0.5) is 4.39 Å². The lowest BCUT2D eigenvalue weighted by Crippen LogP contribution is -2.23. The summed E-state index contributed by atoms with van der Waals surface area (Å²) in [5.41, 5.74) is 6.22. The number of benzene rings is 1. The van der Waals surface area contributed by atoms with Gasteiger partial charge in [0.15, 0.2) is 0 Å². The lowest BCUT2D eigenvalue weighted by Gasteiger charge is -2.15. The molecule has 0 aliphatic rings. The van der Waals surface area contributed by atoms with Gasteiger partial charge in [0.1, 0.15) is 5.82 Å². The van der Waals surface area contributed by atoms with Gasteiger partial charge in [-0.25, -0.2) is 4.39 Å². The molecule has 80 valence electrons. The Morgan fingerprint density at radius 2 is 2.07 bits per heavy atom. The molecule has 0 bridgehead atoms. The molecule has 0 aromatic heterocycles.